The molecule has 0 saturated heterocycles. The molecule has 11 aromatic rings. The molecule has 2 bridgehead atoms. The number of fused-ring (bicyclic) bond motifs is 6. The van der Waals surface area contributed by atoms with Crippen LogP contribution in [-0.2, 0) is 0 Å². The summed E-state index contributed by atoms with van der Waals surface area (Å²) in [5.41, 5.74) is 13.6. The van der Waals surface area contributed by atoms with E-state index in [9.17, 15) is 0 Å². The molecule has 60 heavy (non-hydrogen) atoms. The van der Waals surface area contributed by atoms with Crippen LogP contribution in [0.4, 0.5) is 51.2 Å². The Morgan fingerprint density at radius 2 is 0.733 bits per heavy atom. The summed E-state index contributed by atoms with van der Waals surface area (Å²) in [6.07, 6.45) is 0. The van der Waals surface area contributed by atoms with E-state index in [-0.39, 0.29) is 0 Å². The monoisotopic (exact) mass is 767 g/mol. The van der Waals surface area contributed by atoms with Gasteiger partial charge in [0.25, 0.3) is 0 Å². The van der Waals surface area contributed by atoms with Crippen molar-refractivity contribution in [3.63, 3.8) is 0 Å². The van der Waals surface area contributed by atoms with Gasteiger partial charge in [0.15, 0.2) is 0 Å². The Balaban J connectivity index is 1.22. The summed E-state index contributed by atoms with van der Waals surface area (Å²) in [5.74, 6) is 0. The van der Waals surface area contributed by atoms with Crippen molar-refractivity contribution in [3.05, 3.63) is 224 Å². The third kappa shape index (κ3) is 5.46. The zero-order valence-electron chi connectivity index (χ0n) is 32.6. The minimum atomic E-state index is 0.879. The summed E-state index contributed by atoms with van der Waals surface area (Å²) in [5, 5.41) is 6.56. The minimum Gasteiger partial charge on any atom is -0.455 e. The molecule has 0 radical (unpaired) electrons. The Kier molecular flexibility index (Phi) is 7.82. The van der Waals surface area contributed by atoms with Crippen LogP contribution in [0.25, 0.3) is 54.6 Å². The van der Waals surface area contributed by atoms with Crippen LogP contribution >= 0.6 is 0 Å². The molecule has 4 heteroatoms. The van der Waals surface area contributed by atoms with Gasteiger partial charge in [-0.05, 0) is 101 Å². The van der Waals surface area contributed by atoms with E-state index in [2.05, 4.69) is 239 Å². The van der Waals surface area contributed by atoms with Crippen molar-refractivity contribution in [2.75, 3.05) is 14.7 Å². The van der Waals surface area contributed by atoms with Gasteiger partial charge >= 0.3 is 0 Å². The average Bonchev–Trinajstić information content (AvgIpc) is 3.74. The van der Waals surface area contributed by atoms with Gasteiger partial charge in [0.05, 0.1) is 39.2 Å². The molecule has 12 rings (SSSR count). The molecule has 0 unspecified atom stereocenters. The van der Waals surface area contributed by atoms with E-state index in [1.807, 2.05) is 0 Å². The van der Waals surface area contributed by atoms with E-state index in [0.717, 1.165) is 94.7 Å². The lowest BCUT2D eigenvalue weighted by atomic mass is 9.99. The maximum absolute atomic E-state index is 7.22. The smallest absolute Gasteiger partial charge is 0.145 e. The highest BCUT2D eigenvalue weighted by molar-refractivity contribution is 6.30. The molecule has 0 aliphatic carbocycles. The van der Waals surface area contributed by atoms with Crippen LogP contribution in [0.2, 0.25) is 0 Å². The molecular formula is C56H37N3O. The highest BCUT2D eigenvalue weighted by Crippen LogP contribution is 2.55. The quantitative estimate of drug-likeness (QED) is 0.168. The Bertz CT molecular complexity index is 3200. The van der Waals surface area contributed by atoms with Gasteiger partial charge in [0.2, 0.25) is 0 Å². The van der Waals surface area contributed by atoms with Crippen molar-refractivity contribution in [2.45, 2.75) is 0 Å². The zero-order valence-corrected chi connectivity index (χ0v) is 32.6. The fraction of sp³-hybridized carbons (Fsp3) is 0. The first-order valence-corrected chi connectivity index (χ1v) is 20.4. The Morgan fingerprint density at radius 3 is 1.25 bits per heavy atom. The molecule has 0 N–H and O–H groups in total. The van der Waals surface area contributed by atoms with E-state index in [1.54, 1.807) is 0 Å². The number of hydrogen-bond donors (Lipinski definition) is 0. The second kappa shape index (κ2) is 13.8. The van der Waals surface area contributed by atoms with Gasteiger partial charge in [-0.15, -0.1) is 0 Å². The van der Waals surface area contributed by atoms with Gasteiger partial charge in [0, 0.05) is 33.5 Å². The number of nitrogens with zero attached hydrogens (tertiary/aromatic N) is 3. The molecule has 4 nitrogen and oxygen atoms in total. The average molecular weight is 768 g/mol. The summed E-state index contributed by atoms with van der Waals surface area (Å²) in [6.45, 7) is 0. The van der Waals surface area contributed by atoms with Crippen molar-refractivity contribution in [1.82, 2.24) is 0 Å². The summed E-state index contributed by atoms with van der Waals surface area (Å²) in [6, 6.07) is 80.6. The fourth-order valence-electron chi connectivity index (χ4n) is 9.18. The van der Waals surface area contributed by atoms with Gasteiger partial charge < -0.3 is 19.1 Å². The van der Waals surface area contributed by atoms with Gasteiger partial charge in [-0.3, -0.25) is 0 Å². The number of benzene rings is 10. The largest absolute Gasteiger partial charge is 0.455 e. The Hall–Kier alpha value is -8.08. The molecule has 0 fully saturated rings. The number of para-hydroxylation sites is 3. The molecule has 282 valence electrons. The number of rotatable bonds is 6. The lowest BCUT2D eigenvalue weighted by Crippen LogP contribution is -2.15. The van der Waals surface area contributed by atoms with Gasteiger partial charge in [0.1, 0.15) is 11.2 Å². The maximum atomic E-state index is 7.22. The molecule has 2 heterocycles. The number of hydrogen-bond acceptors (Lipinski definition) is 4. The molecule has 0 atom stereocenters. The summed E-state index contributed by atoms with van der Waals surface area (Å²) < 4.78 is 7.22. The van der Waals surface area contributed by atoms with E-state index < -0.39 is 0 Å². The highest BCUT2D eigenvalue weighted by Gasteiger charge is 2.30. The molecular weight excluding hydrogens is 731 g/mol. The molecule has 0 spiro atoms. The van der Waals surface area contributed by atoms with E-state index >= 15 is 0 Å². The van der Waals surface area contributed by atoms with Crippen LogP contribution in [0.5, 0.6) is 0 Å². The van der Waals surface area contributed by atoms with E-state index in [4.69, 9.17) is 4.42 Å². The maximum Gasteiger partial charge on any atom is 0.145 e. The normalized spacial score (nSPS) is 12.3. The van der Waals surface area contributed by atoms with Gasteiger partial charge in [-0.25, -0.2) is 0 Å². The highest BCUT2D eigenvalue weighted by atomic mass is 16.3. The predicted molar refractivity (Wildman–Crippen MR) is 252 cm³/mol. The number of anilines is 9. The first-order valence-electron chi connectivity index (χ1n) is 20.4. The van der Waals surface area contributed by atoms with Crippen LogP contribution in [0.3, 0.4) is 0 Å². The summed E-state index contributed by atoms with van der Waals surface area (Å²) in [4.78, 5) is 7.22. The van der Waals surface area contributed by atoms with Crippen molar-refractivity contribution in [2.24, 2.45) is 0 Å². The lowest BCUT2D eigenvalue weighted by molar-refractivity contribution is 0.676. The van der Waals surface area contributed by atoms with Crippen LogP contribution in [-0.4, -0.2) is 0 Å². The Morgan fingerprint density at radius 1 is 0.317 bits per heavy atom. The minimum absolute atomic E-state index is 0.879. The van der Waals surface area contributed by atoms with Crippen molar-refractivity contribution in [3.8, 4) is 11.1 Å². The first-order chi connectivity index (χ1) is 29.8. The van der Waals surface area contributed by atoms with Crippen LogP contribution in [0.15, 0.2) is 229 Å². The SMILES string of the molecule is c1ccc(-c2ccc(N(c3ccccc3)c3cc4cc(c3)N(c3ccccc3)c3cc5ccccc5c5oc6c7ccccc7cc(c6c35)N4c3ccccc3)cc2)cc1. The van der Waals surface area contributed by atoms with Crippen LogP contribution in [0, 0.1) is 0 Å². The standard InChI is InChI=1S/C56H37N3O/c1-5-17-38(18-6-1)39-29-31-45(32-30-39)57(42-21-7-2-8-22-42)46-35-47-37-48(36-46)59(44-25-11-4-12-26-44)52-34-41-20-14-16-28-50(41)56-54(52)53-51(58(47)43-23-9-3-10-24-43)33-40-19-13-15-27-49(40)55(53)60-56/h1-37H. The van der Waals surface area contributed by atoms with E-state index in [1.165, 1.54) is 11.1 Å². The Labute approximate surface area is 348 Å². The van der Waals surface area contributed by atoms with Crippen molar-refractivity contribution < 1.29 is 4.42 Å². The molecule has 1 aliphatic heterocycles. The van der Waals surface area contributed by atoms with Crippen molar-refractivity contribution in [1.29, 1.82) is 0 Å². The third-order valence-electron chi connectivity index (χ3n) is 11.8. The second-order valence-corrected chi connectivity index (χ2v) is 15.4. The topological polar surface area (TPSA) is 22.9 Å². The third-order valence-corrected chi connectivity index (χ3v) is 11.8. The zero-order chi connectivity index (χ0) is 39.6. The second-order valence-electron chi connectivity index (χ2n) is 15.4. The summed E-state index contributed by atoms with van der Waals surface area (Å²) in [7, 11) is 0. The van der Waals surface area contributed by atoms with E-state index in [0.29, 0.717) is 0 Å². The molecule has 10 aromatic carbocycles. The predicted octanol–water partition coefficient (Wildman–Crippen LogP) is 16.3. The fourth-order valence-corrected chi connectivity index (χ4v) is 9.18. The van der Waals surface area contributed by atoms with Crippen molar-refractivity contribution >= 4 is 94.7 Å². The first kappa shape index (κ1) is 34.0. The molecule has 1 aromatic heterocycles. The van der Waals surface area contributed by atoms with Crippen LogP contribution in [0.1, 0.15) is 0 Å². The molecule has 0 saturated carbocycles. The van der Waals surface area contributed by atoms with Gasteiger partial charge in [-0.2, -0.15) is 0 Å². The molecule has 0 amide bonds. The van der Waals surface area contributed by atoms with Crippen LogP contribution < -0.4 is 14.7 Å². The lowest BCUT2D eigenvalue weighted by Gasteiger charge is -2.32. The molecule has 1 aliphatic rings. The number of furan rings is 1. The van der Waals surface area contributed by atoms with Gasteiger partial charge in [-0.1, -0.05) is 146 Å². The summed E-state index contributed by atoms with van der Waals surface area (Å²) >= 11 is 0.